The lowest BCUT2D eigenvalue weighted by molar-refractivity contribution is 0.0914. The molecule has 1 atom stereocenters. The Hall–Kier alpha value is -3.95. The van der Waals surface area contributed by atoms with E-state index >= 15 is 0 Å². The molecule has 0 saturated heterocycles. The van der Waals surface area contributed by atoms with E-state index in [1.54, 1.807) is 47.4 Å². The molecule has 0 radical (unpaired) electrons. The minimum atomic E-state index is -0.430. The Bertz CT molecular complexity index is 1140. The normalized spacial score (nSPS) is 12.1. The number of carbonyl (C=O) groups excluding carboxylic acids is 1. The van der Waals surface area contributed by atoms with E-state index in [2.05, 4.69) is 36.0 Å². The van der Waals surface area contributed by atoms with Crippen LogP contribution in [-0.2, 0) is 0 Å². The first-order valence-corrected chi connectivity index (χ1v) is 9.42. The van der Waals surface area contributed by atoms with Crippen molar-refractivity contribution in [3.63, 3.8) is 0 Å². The van der Waals surface area contributed by atoms with Crippen LogP contribution in [0.5, 0.6) is 0 Å². The molecule has 0 spiro atoms. The van der Waals surface area contributed by atoms with E-state index < -0.39 is 6.04 Å². The second-order valence-corrected chi connectivity index (χ2v) is 7.14. The molecule has 1 amide bonds. The van der Waals surface area contributed by atoms with Gasteiger partial charge in [-0.1, -0.05) is 19.0 Å². The highest BCUT2D eigenvalue weighted by atomic mass is 16.5. The smallest absolute Gasteiger partial charge is 0.251 e. The van der Waals surface area contributed by atoms with Crippen LogP contribution in [0.2, 0.25) is 0 Å². The number of nitrogens with one attached hydrogen (secondary N) is 1. The fraction of sp³-hybridized carbons (Fsp3) is 0.250. The summed E-state index contributed by atoms with van der Waals surface area (Å²) in [6.07, 6.45) is 4.83. The van der Waals surface area contributed by atoms with Crippen LogP contribution in [0.4, 0.5) is 0 Å². The SMILES string of the molecule is Cc1cc(C(=O)NC(c2nc(-c3ccncc3)no2)C(C)C)ccc1-n1cnnn1. The molecule has 0 fully saturated rings. The lowest BCUT2D eigenvalue weighted by Gasteiger charge is -2.19. The number of hydrogen-bond acceptors (Lipinski definition) is 8. The molecule has 0 bridgehead atoms. The minimum Gasteiger partial charge on any atom is -0.340 e. The molecule has 1 N–H and O–H groups in total. The number of aryl methyl sites for hydroxylation is 1. The number of benzene rings is 1. The van der Waals surface area contributed by atoms with Crippen molar-refractivity contribution >= 4 is 5.91 Å². The fourth-order valence-corrected chi connectivity index (χ4v) is 3.04. The molecule has 0 aliphatic carbocycles. The number of aromatic nitrogens is 7. The molecule has 10 heteroatoms. The van der Waals surface area contributed by atoms with E-state index in [-0.39, 0.29) is 11.8 Å². The first kappa shape index (κ1) is 19.4. The zero-order chi connectivity index (χ0) is 21.1. The first-order chi connectivity index (χ1) is 14.5. The molecule has 0 saturated carbocycles. The van der Waals surface area contributed by atoms with Crippen LogP contribution < -0.4 is 5.32 Å². The summed E-state index contributed by atoms with van der Waals surface area (Å²) in [4.78, 5) is 21.4. The maximum absolute atomic E-state index is 12.9. The van der Waals surface area contributed by atoms with Gasteiger partial charge in [0, 0.05) is 23.5 Å². The summed E-state index contributed by atoms with van der Waals surface area (Å²) in [6.45, 7) is 5.85. The summed E-state index contributed by atoms with van der Waals surface area (Å²) < 4.78 is 7.00. The Labute approximate surface area is 172 Å². The lowest BCUT2D eigenvalue weighted by atomic mass is 10.0. The van der Waals surface area contributed by atoms with Crippen LogP contribution in [0.3, 0.4) is 0 Å². The predicted octanol–water partition coefficient (Wildman–Crippen LogP) is 2.54. The van der Waals surface area contributed by atoms with Crippen molar-refractivity contribution in [3.05, 3.63) is 66.1 Å². The average molecular weight is 404 g/mol. The van der Waals surface area contributed by atoms with Gasteiger partial charge in [0.25, 0.3) is 5.91 Å². The van der Waals surface area contributed by atoms with Crippen molar-refractivity contribution in [2.75, 3.05) is 0 Å². The summed E-state index contributed by atoms with van der Waals surface area (Å²) in [5, 5.41) is 18.2. The Morgan fingerprint density at radius 3 is 2.63 bits per heavy atom. The van der Waals surface area contributed by atoms with Gasteiger partial charge in [0.15, 0.2) is 0 Å². The molecular formula is C20H20N8O2. The zero-order valence-electron chi connectivity index (χ0n) is 16.7. The second-order valence-electron chi connectivity index (χ2n) is 7.14. The molecule has 152 valence electrons. The van der Waals surface area contributed by atoms with Gasteiger partial charge in [0.1, 0.15) is 12.4 Å². The van der Waals surface area contributed by atoms with Crippen LogP contribution in [-0.4, -0.2) is 41.2 Å². The molecule has 3 aromatic heterocycles. The summed E-state index contributed by atoms with van der Waals surface area (Å²) in [7, 11) is 0. The number of pyridine rings is 1. The fourth-order valence-electron chi connectivity index (χ4n) is 3.04. The van der Waals surface area contributed by atoms with Crippen molar-refractivity contribution in [1.29, 1.82) is 0 Å². The number of hydrogen-bond donors (Lipinski definition) is 1. The van der Waals surface area contributed by atoms with E-state index in [1.165, 1.54) is 6.33 Å². The molecule has 0 aliphatic heterocycles. The van der Waals surface area contributed by atoms with Crippen molar-refractivity contribution in [2.24, 2.45) is 5.92 Å². The van der Waals surface area contributed by atoms with Crippen LogP contribution in [0.25, 0.3) is 17.1 Å². The Morgan fingerprint density at radius 1 is 1.17 bits per heavy atom. The highest BCUT2D eigenvalue weighted by Gasteiger charge is 2.25. The van der Waals surface area contributed by atoms with E-state index in [9.17, 15) is 4.79 Å². The largest absolute Gasteiger partial charge is 0.340 e. The highest BCUT2D eigenvalue weighted by Crippen LogP contribution is 2.24. The van der Waals surface area contributed by atoms with Gasteiger partial charge in [0.05, 0.1) is 5.69 Å². The molecular weight excluding hydrogens is 384 g/mol. The van der Waals surface area contributed by atoms with Gasteiger partial charge in [-0.25, -0.2) is 4.68 Å². The third-order valence-electron chi connectivity index (χ3n) is 4.65. The molecule has 0 aliphatic rings. The summed E-state index contributed by atoms with van der Waals surface area (Å²) >= 11 is 0. The van der Waals surface area contributed by atoms with Crippen LogP contribution in [0.1, 0.15) is 41.7 Å². The highest BCUT2D eigenvalue weighted by molar-refractivity contribution is 5.94. The van der Waals surface area contributed by atoms with Crippen LogP contribution in [0.15, 0.2) is 53.6 Å². The number of nitrogens with zero attached hydrogens (tertiary/aromatic N) is 7. The maximum Gasteiger partial charge on any atom is 0.251 e. The number of rotatable bonds is 6. The minimum absolute atomic E-state index is 0.0429. The van der Waals surface area contributed by atoms with Crippen molar-refractivity contribution < 1.29 is 9.32 Å². The quantitative estimate of drug-likeness (QED) is 0.520. The standard InChI is InChI=1S/C20H20N8O2/c1-12(2)17(20-24-18(25-30-20)14-6-8-21-9-7-14)23-19(29)15-4-5-16(13(3)10-15)28-11-22-26-27-28/h4-12,17H,1-3H3,(H,23,29). The van der Waals surface area contributed by atoms with E-state index in [4.69, 9.17) is 4.52 Å². The summed E-state index contributed by atoms with van der Waals surface area (Å²) in [6, 6.07) is 8.49. The van der Waals surface area contributed by atoms with E-state index in [0.717, 1.165) is 16.8 Å². The Balaban J connectivity index is 1.55. The van der Waals surface area contributed by atoms with Crippen molar-refractivity contribution in [1.82, 2.24) is 40.6 Å². The van der Waals surface area contributed by atoms with Crippen LogP contribution in [0, 0.1) is 12.8 Å². The Morgan fingerprint density at radius 2 is 1.97 bits per heavy atom. The molecule has 30 heavy (non-hydrogen) atoms. The molecule has 1 unspecified atom stereocenters. The molecule has 10 nitrogen and oxygen atoms in total. The predicted molar refractivity (Wildman–Crippen MR) is 106 cm³/mol. The van der Waals surface area contributed by atoms with Gasteiger partial charge in [-0.2, -0.15) is 4.98 Å². The summed E-state index contributed by atoms with van der Waals surface area (Å²) in [5.74, 6) is 0.617. The number of amides is 1. The monoisotopic (exact) mass is 404 g/mol. The molecule has 4 rings (SSSR count). The first-order valence-electron chi connectivity index (χ1n) is 9.42. The van der Waals surface area contributed by atoms with Gasteiger partial charge < -0.3 is 9.84 Å². The topological polar surface area (TPSA) is 125 Å². The average Bonchev–Trinajstić information content (AvgIpc) is 3.44. The van der Waals surface area contributed by atoms with Gasteiger partial charge in [0.2, 0.25) is 11.7 Å². The molecule has 4 aromatic rings. The second kappa shape index (κ2) is 8.19. The lowest BCUT2D eigenvalue weighted by Crippen LogP contribution is -2.32. The zero-order valence-corrected chi connectivity index (χ0v) is 16.7. The van der Waals surface area contributed by atoms with Crippen molar-refractivity contribution in [3.8, 4) is 17.1 Å². The molecule has 1 aromatic carbocycles. The van der Waals surface area contributed by atoms with E-state index in [1.807, 2.05) is 20.8 Å². The Kier molecular flexibility index (Phi) is 5.29. The van der Waals surface area contributed by atoms with Gasteiger partial charge in [-0.3, -0.25) is 9.78 Å². The number of tetrazole rings is 1. The van der Waals surface area contributed by atoms with Gasteiger partial charge >= 0.3 is 0 Å². The summed E-state index contributed by atoms with van der Waals surface area (Å²) in [5.41, 5.74) is 2.98. The maximum atomic E-state index is 12.9. The molecule has 3 heterocycles. The van der Waals surface area contributed by atoms with Gasteiger partial charge in [-0.05, 0) is 59.2 Å². The number of carbonyl (C=O) groups is 1. The van der Waals surface area contributed by atoms with Crippen molar-refractivity contribution in [2.45, 2.75) is 26.8 Å². The van der Waals surface area contributed by atoms with E-state index in [0.29, 0.717) is 17.3 Å². The third kappa shape index (κ3) is 3.93. The third-order valence-corrected chi connectivity index (χ3v) is 4.65. The van der Waals surface area contributed by atoms with Gasteiger partial charge in [-0.15, -0.1) is 5.10 Å². The van der Waals surface area contributed by atoms with Crippen LogP contribution >= 0.6 is 0 Å².